The van der Waals surface area contributed by atoms with Crippen LogP contribution in [0, 0.1) is 11.6 Å². The van der Waals surface area contributed by atoms with Crippen molar-refractivity contribution in [3.05, 3.63) is 64.7 Å². The average Bonchev–Trinajstić information content (AvgIpc) is 2.56. The van der Waals surface area contributed by atoms with Crippen molar-refractivity contribution in [2.24, 2.45) is 0 Å². The Hall–Kier alpha value is -2.47. The minimum absolute atomic E-state index is 0.0994. The number of carbonyl (C=O) groups is 2. The molecule has 25 heavy (non-hydrogen) atoms. The van der Waals surface area contributed by atoms with Crippen molar-refractivity contribution in [1.82, 2.24) is 4.90 Å². The summed E-state index contributed by atoms with van der Waals surface area (Å²) in [4.78, 5) is 25.2. The number of amides is 2. The molecule has 1 N–H and O–H groups in total. The second-order valence-corrected chi connectivity index (χ2v) is 5.83. The zero-order chi connectivity index (χ0) is 18.4. The first-order chi connectivity index (χ1) is 11.9. The number of benzene rings is 2. The molecule has 132 valence electrons. The van der Waals surface area contributed by atoms with Crippen molar-refractivity contribution in [2.45, 2.75) is 19.9 Å². The molecule has 2 aromatic rings. The van der Waals surface area contributed by atoms with Gasteiger partial charge in [-0.3, -0.25) is 9.59 Å². The van der Waals surface area contributed by atoms with Crippen LogP contribution in [0.3, 0.4) is 0 Å². The monoisotopic (exact) mass is 366 g/mol. The molecular formula is C18H17ClF2N2O2. The van der Waals surface area contributed by atoms with Gasteiger partial charge in [0, 0.05) is 31.5 Å². The molecule has 4 nitrogen and oxygen atoms in total. The lowest BCUT2D eigenvalue weighted by atomic mass is 10.2. The molecule has 0 aromatic heterocycles. The maximum absolute atomic E-state index is 13.5. The molecule has 0 heterocycles. The van der Waals surface area contributed by atoms with E-state index in [2.05, 4.69) is 5.32 Å². The molecule has 7 heteroatoms. The summed E-state index contributed by atoms with van der Waals surface area (Å²) in [5.74, 6) is -2.53. The summed E-state index contributed by atoms with van der Waals surface area (Å²) in [7, 11) is 0. The second kappa shape index (κ2) is 8.58. The van der Waals surface area contributed by atoms with Gasteiger partial charge < -0.3 is 10.2 Å². The summed E-state index contributed by atoms with van der Waals surface area (Å²) in [5, 5.41) is 2.72. The highest BCUT2D eigenvalue weighted by molar-refractivity contribution is 6.31. The smallest absolute Gasteiger partial charge is 0.226 e. The van der Waals surface area contributed by atoms with Gasteiger partial charge in [-0.15, -0.1) is 0 Å². The Morgan fingerprint density at radius 3 is 2.32 bits per heavy atom. The van der Waals surface area contributed by atoms with Crippen molar-refractivity contribution in [3.8, 4) is 0 Å². The number of para-hydroxylation sites is 1. The molecule has 0 spiro atoms. The van der Waals surface area contributed by atoms with Gasteiger partial charge in [0.1, 0.15) is 17.3 Å². The number of hydrogen-bond acceptors (Lipinski definition) is 2. The third-order valence-corrected chi connectivity index (χ3v) is 3.97. The van der Waals surface area contributed by atoms with Crippen LogP contribution in [0.15, 0.2) is 42.5 Å². The maximum atomic E-state index is 13.5. The van der Waals surface area contributed by atoms with Crippen LogP contribution < -0.4 is 5.32 Å². The van der Waals surface area contributed by atoms with Crippen LogP contribution in [-0.4, -0.2) is 23.3 Å². The summed E-state index contributed by atoms with van der Waals surface area (Å²) in [5.41, 5.74) is 0.257. The molecule has 0 fully saturated rings. The Bertz CT molecular complexity index is 763. The second-order valence-electron chi connectivity index (χ2n) is 5.43. The van der Waals surface area contributed by atoms with E-state index in [-0.39, 0.29) is 25.4 Å². The molecule has 0 bridgehead atoms. The fourth-order valence-corrected chi connectivity index (χ4v) is 2.43. The summed E-state index contributed by atoms with van der Waals surface area (Å²) in [6, 6.07) is 10.4. The molecule has 2 rings (SSSR count). The predicted octanol–water partition coefficient (Wildman–Crippen LogP) is 4.00. The lowest BCUT2D eigenvalue weighted by molar-refractivity contribution is -0.129. The van der Waals surface area contributed by atoms with Crippen molar-refractivity contribution in [1.29, 1.82) is 0 Å². The van der Waals surface area contributed by atoms with E-state index in [1.54, 1.807) is 24.3 Å². The number of carbonyl (C=O) groups excluding carboxylic acids is 2. The first-order valence-electron chi connectivity index (χ1n) is 7.61. The molecule has 2 aromatic carbocycles. The lowest BCUT2D eigenvalue weighted by Crippen LogP contribution is -2.31. The summed E-state index contributed by atoms with van der Waals surface area (Å²) in [6.45, 7) is 1.73. The van der Waals surface area contributed by atoms with Crippen LogP contribution in [0.25, 0.3) is 0 Å². The molecular weight excluding hydrogens is 350 g/mol. The van der Waals surface area contributed by atoms with Gasteiger partial charge in [-0.05, 0) is 23.8 Å². The topological polar surface area (TPSA) is 49.4 Å². The van der Waals surface area contributed by atoms with Gasteiger partial charge in [0.2, 0.25) is 11.8 Å². The number of anilines is 1. The molecule has 2 amide bonds. The highest BCUT2D eigenvalue weighted by atomic mass is 35.5. The van der Waals surface area contributed by atoms with E-state index in [4.69, 9.17) is 11.6 Å². The standard InChI is InChI=1S/C18H17ClF2N2O2/c1-12(24)23(11-13-5-2-3-6-14(13)19)10-9-17(25)22-18-15(20)7-4-8-16(18)21/h2-8H,9-11H2,1H3,(H,22,25). The Balaban J connectivity index is 1.98. The fourth-order valence-electron chi connectivity index (χ4n) is 2.24. The van der Waals surface area contributed by atoms with Crippen molar-refractivity contribution in [3.63, 3.8) is 0 Å². The zero-order valence-electron chi connectivity index (χ0n) is 13.6. The van der Waals surface area contributed by atoms with E-state index in [1.807, 2.05) is 0 Å². The van der Waals surface area contributed by atoms with Gasteiger partial charge in [-0.1, -0.05) is 35.9 Å². The van der Waals surface area contributed by atoms with Crippen molar-refractivity contribution < 1.29 is 18.4 Å². The fraction of sp³-hybridized carbons (Fsp3) is 0.222. The van der Waals surface area contributed by atoms with Crippen LogP contribution in [0.2, 0.25) is 5.02 Å². The first-order valence-corrected chi connectivity index (χ1v) is 7.99. The molecule has 0 unspecified atom stereocenters. The number of nitrogens with one attached hydrogen (secondary N) is 1. The van der Waals surface area contributed by atoms with E-state index in [0.717, 1.165) is 17.7 Å². The predicted molar refractivity (Wildman–Crippen MR) is 92.1 cm³/mol. The van der Waals surface area contributed by atoms with E-state index < -0.39 is 23.2 Å². The van der Waals surface area contributed by atoms with Crippen molar-refractivity contribution in [2.75, 3.05) is 11.9 Å². The highest BCUT2D eigenvalue weighted by Gasteiger charge is 2.15. The highest BCUT2D eigenvalue weighted by Crippen LogP contribution is 2.19. The van der Waals surface area contributed by atoms with Gasteiger partial charge in [-0.25, -0.2) is 8.78 Å². The van der Waals surface area contributed by atoms with E-state index >= 15 is 0 Å². The van der Waals surface area contributed by atoms with Crippen molar-refractivity contribution >= 4 is 29.1 Å². The van der Waals surface area contributed by atoms with Gasteiger partial charge in [0.15, 0.2) is 0 Å². The Kier molecular flexibility index (Phi) is 6.47. The maximum Gasteiger partial charge on any atom is 0.226 e. The largest absolute Gasteiger partial charge is 0.338 e. The minimum Gasteiger partial charge on any atom is -0.338 e. The quantitative estimate of drug-likeness (QED) is 0.840. The van der Waals surface area contributed by atoms with Crippen LogP contribution in [-0.2, 0) is 16.1 Å². The SMILES string of the molecule is CC(=O)N(CCC(=O)Nc1c(F)cccc1F)Cc1ccccc1Cl. The molecule has 0 radical (unpaired) electrons. The summed E-state index contributed by atoms with van der Waals surface area (Å²) >= 11 is 6.08. The first kappa shape index (κ1) is 18.9. The zero-order valence-corrected chi connectivity index (χ0v) is 14.3. The summed E-state index contributed by atoms with van der Waals surface area (Å²) < 4.78 is 27.1. The van der Waals surface area contributed by atoms with Gasteiger partial charge in [0.25, 0.3) is 0 Å². The van der Waals surface area contributed by atoms with Crippen LogP contribution in [0.4, 0.5) is 14.5 Å². The summed E-state index contributed by atoms with van der Waals surface area (Å²) in [6.07, 6.45) is -0.0994. The van der Waals surface area contributed by atoms with Gasteiger partial charge in [-0.2, -0.15) is 0 Å². The Morgan fingerprint density at radius 2 is 1.72 bits per heavy atom. The third kappa shape index (κ3) is 5.26. The molecule has 0 saturated carbocycles. The normalized spacial score (nSPS) is 10.4. The van der Waals surface area contributed by atoms with Crippen LogP contribution in [0.1, 0.15) is 18.9 Å². The number of rotatable bonds is 6. The van der Waals surface area contributed by atoms with Crippen LogP contribution >= 0.6 is 11.6 Å². The molecule has 0 aliphatic rings. The number of hydrogen-bond donors (Lipinski definition) is 1. The van der Waals surface area contributed by atoms with Gasteiger partial charge >= 0.3 is 0 Å². The van der Waals surface area contributed by atoms with Crippen LogP contribution in [0.5, 0.6) is 0 Å². The third-order valence-electron chi connectivity index (χ3n) is 3.60. The Morgan fingerprint density at radius 1 is 1.08 bits per heavy atom. The molecule has 0 aliphatic carbocycles. The Labute approximate surface area is 149 Å². The van der Waals surface area contributed by atoms with Gasteiger partial charge in [0.05, 0.1) is 0 Å². The lowest BCUT2D eigenvalue weighted by Gasteiger charge is -2.21. The van der Waals surface area contributed by atoms with E-state index in [0.29, 0.717) is 5.02 Å². The van der Waals surface area contributed by atoms with E-state index in [1.165, 1.54) is 17.9 Å². The number of halogens is 3. The molecule has 0 saturated heterocycles. The number of nitrogens with zero attached hydrogens (tertiary/aromatic N) is 1. The molecule has 0 aliphatic heterocycles. The van der Waals surface area contributed by atoms with E-state index in [9.17, 15) is 18.4 Å². The molecule has 0 atom stereocenters. The average molecular weight is 367 g/mol. The minimum atomic E-state index is -0.854.